The third-order valence-corrected chi connectivity index (χ3v) is 1.91. The van der Waals surface area contributed by atoms with Crippen LogP contribution in [0, 0.1) is 5.92 Å². The zero-order chi connectivity index (χ0) is 8.15. The van der Waals surface area contributed by atoms with E-state index >= 15 is 0 Å². The summed E-state index contributed by atoms with van der Waals surface area (Å²) in [6, 6.07) is 0. The molecule has 2 atom stereocenters. The lowest BCUT2D eigenvalue weighted by Crippen LogP contribution is -2.32. The van der Waals surface area contributed by atoms with Gasteiger partial charge in [0, 0.05) is 5.92 Å². The van der Waals surface area contributed by atoms with Crippen molar-refractivity contribution in [3.63, 3.8) is 0 Å². The Morgan fingerprint density at radius 3 is 1.40 bits per heavy atom. The quantitative estimate of drug-likeness (QED) is 0.558. The van der Waals surface area contributed by atoms with E-state index in [0.717, 1.165) is 0 Å². The summed E-state index contributed by atoms with van der Waals surface area (Å²) in [4.78, 5) is 9.20. The SMILES string of the molecule is CC(ON)C(C)C(C)ON. The van der Waals surface area contributed by atoms with E-state index in [1.165, 1.54) is 0 Å². The molecule has 0 amide bonds. The molecule has 0 spiro atoms. The molecule has 0 radical (unpaired) electrons. The molecule has 0 bridgehead atoms. The van der Waals surface area contributed by atoms with Gasteiger partial charge < -0.3 is 9.68 Å². The Morgan fingerprint density at radius 2 is 1.20 bits per heavy atom. The summed E-state index contributed by atoms with van der Waals surface area (Å²) < 4.78 is 0. The number of rotatable bonds is 4. The van der Waals surface area contributed by atoms with Crippen LogP contribution in [-0.4, -0.2) is 12.2 Å². The lowest BCUT2D eigenvalue weighted by Gasteiger charge is -2.22. The van der Waals surface area contributed by atoms with Gasteiger partial charge in [-0.05, 0) is 13.8 Å². The van der Waals surface area contributed by atoms with Gasteiger partial charge in [0.1, 0.15) is 0 Å². The molecule has 62 valence electrons. The van der Waals surface area contributed by atoms with Crippen molar-refractivity contribution in [1.82, 2.24) is 0 Å². The summed E-state index contributed by atoms with van der Waals surface area (Å²) in [6.45, 7) is 5.72. The molecule has 0 aromatic heterocycles. The van der Waals surface area contributed by atoms with Crippen molar-refractivity contribution in [2.24, 2.45) is 17.7 Å². The molecule has 0 heterocycles. The Kier molecular flexibility index (Phi) is 4.55. The molecule has 0 fully saturated rings. The summed E-state index contributed by atoms with van der Waals surface area (Å²) in [5.41, 5.74) is 0. The molecule has 2 unspecified atom stereocenters. The predicted octanol–water partition coefficient (Wildman–Crippen LogP) is 0.180. The molecule has 0 aromatic carbocycles. The molecule has 4 N–H and O–H groups in total. The Labute approximate surface area is 61.4 Å². The number of hydrogen-bond acceptors (Lipinski definition) is 4. The normalized spacial score (nSPS) is 20.1. The van der Waals surface area contributed by atoms with Crippen LogP contribution >= 0.6 is 0 Å². The molecule has 0 aliphatic carbocycles. The van der Waals surface area contributed by atoms with Gasteiger partial charge >= 0.3 is 0 Å². The monoisotopic (exact) mass is 148 g/mol. The number of hydrogen-bond donors (Lipinski definition) is 2. The van der Waals surface area contributed by atoms with Crippen LogP contribution < -0.4 is 11.8 Å². The highest BCUT2D eigenvalue weighted by Gasteiger charge is 2.18. The zero-order valence-electron chi connectivity index (χ0n) is 6.70. The lowest BCUT2D eigenvalue weighted by atomic mass is 10.0. The maximum Gasteiger partial charge on any atom is 0.0810 e. The van der Waals surface area contributed by atoms with Crippen LogP contribution in [-0.2, 0) is 9.68 Å². The Bertz CT molecular complexity index is 79.8. The molecule has 4 nitrogen and oxygen atoms in total. The third-order valence-electron chi connectivity index (χ3n) is 1.91. The molecule has 4 heteroatoms. The largest absolute Gasteiger partial charge is 0.301 e. The van der Waals surface area contributed by atoms with Gasteiger partial charge in [0.25, 0.3) is 0 Å². The van der Waals surface area contributed by atoms with Crippen molar-refractivity contribution in [1.29, 1.82) is 0 Å². The van der Waals surface area contributed by atoms with Crippen LogP contribution in [0.3, 0.4) is 0 Å². The van der Waals surface area contributed by atoms with Gasteiger partial charge in [0.15, 0.2) is 0 Å². The van der Waals surface area contributed by atoms with Gasteiger partial charge in [-0.2, -0.15) is 0 Å². The fourth-order valence-electron chi connectivity index (χ4n) is 0.630. The van der Waals surface area contributed by atoms with Crippen molar-refractivity contribution >= 4 is 0 Å². The van der Waals surface area contributed by atoms with Gasteiger partial charge in [-0.3, -0.25) is 0 Å². The van der Waals surface area contributed by atoms with Crippen LogP contribution in [0.25, 0.3) is 0 Å². The third kappa shape index (κ3) is 2.62. The predicted molar refractivity (Wildman–Crippen MR) is 38.6 cm³/mol. The maximum absolute atomic E-state index is 4.97. The van der Waals surface area contributed by atoms with Crippen molar-refractivity contribution in [3.05, 3.63) is 0 Å². The Hall–Kier alpha value is -0.160. The average Bonchev–Trinajstić information content (AvgIpc) is 2.00. The minimum absolute atomic E-state index is 0.0291. The topological polar surface area (TPSA) is 70.5 Å². The minimum atomic E-state index is -0.0291. The Balaban J connectivity index is 3.69. The fraction of sp³-hybridized carbons (Fsp3) is 1.00. The smallest absolute Gasteiger partial charge is 0.0810 e. The second-order valence-corrected chi connectivity index (χ2v) is 2.54. The summed E-state index contributed by atoms with van der Waals surface area (Å²) >= 11 is 0. The van der Waals surface area contributed by atoms with Crippen molar-refractivity contribution < 1.29 is 9.68 Å². The highest BCUT2D eigenvalue weighted by atomic mass is 16.6. The van der Waals surface area contributed by atoms with E-state index < -0.39 is 0 Å². The van der Waals surface area contributed by atoms with E-state index in [1.807, 2.05) is 20.8 Å². The van der Waals surface area contributed by atoms with Gasteiger partial charge in [0.05, 0.1) is 12.2 Å². The Morgan fingerprint density at radius 1 is 0.900 bits per heavy atom. The van der Waals surface area contributed by atoms with E-state index in [1.54, 1.807) is 0 Å². The van der Waals surface area contributed by atoms with Crippen molar-refractivity contribution in [2.75, 3.05) is 0 Å². The maximum atomic E-state index is 4.97. The molecule has 0 saturated heterocycles. The van der Waals surface area contributed by atoms with Crippen LogP contribution in [0.5, 0.6) is 0 Å². The van der Waals surface area contributed by atoms with E-state index in [0.29, 0.717) is 0 Å². The first-order valence-corrected chi connectivity index (χ1v) is 3.34. The summed E-state index contributed by atoms with van der Waals surface area (Å²) in [7, 11) is 0. The molecular weight excluding hydrogens is 132 g/mol. The van der Waals surface area contributed by atoms with Crippen LogP contribution in [0.1, 0.15) is 20.8 Å². The van der Waals surface area contributed by atoms with Crippen molar-refractivity contribution in [3.8, 4) is 0 Å². The van der Waals surface area contributed by atoms with Gasteiger partial charge in [-0.15, -0.1) is 0 Å². The second kappa shape index (κ2) is 4.62. The molecule has 0 aliphatic heterocycles. The molecule has 0 aliphatic rings. The highest BCUT2D eigenvalue weighted by molar-refractivity contribution is 4.66. The minimum Gasteiger partial charge on any atom is -0.301 e. The number of nitrogens with two attached hydrogens (primary N) is 2. The standard InChI is InChI=1S/C6H16N2O2/c1-4(5(2)9-7)6(3)10-8/h4-6H,7-8H2,1-3H3. The summed E-state index contributed by atoms with van der Waals surface area (Å²) in [6.07, 6.45) is -0.0582. The summed E-state index contributed by atoms with van der Waals surface area (Å²) in [5, 5.41) is 0. The van der Waals surface area contributed by atoms with Crippen LogP contribution in [0.4, 0.5) is 0 Å². The molecule has 0 rings (SSSR count). The van der Waals surface area contributed by atoms with Gasteiger partial charge in [-0.1, -0.05) is 6.92 Å². The van der Waals surface area contributed by atoms with Gasteiger partial charge in [0.2, 0.25) is 0 Å². The van der Waals surface area contributed by atoms with E-state index in [4.69, 9.17) is 11.8 Å². The fourth-order valence-corrected chi connectivity index (χ4v) is 0.630. The average molecular weight is 148 g/mol. The first-order chi connectivity index (χ1) is 4.63. The second-order valence-electron chi connectivity index (χ2n) is 2.54. The lowest BCUT2D eigenvalue weighted by molar-refractivity contribution is -0.0467. The zero-order valence-corrected chi connectivity index (χ0v) is 6.70. The van der Waals surface area contributed by atoms with Crippen LogP contribution in [0.15, 0.2) is 0 Å². The van der Waals surface area contributed by atoms with E-state index in [2.05, 4.69) is 9.68 Å². The van der Waals surface area contributed by atoms with Crippen LogP contribution in [0.2, 0.25) is 0 Å². The highest BCUT2D eigenvalue weighted by Crippen LogP contribution is 2.11. The van der Waals surface area contributed by atoms with Crippen molar-refractivity contribution in [2.45, 2.75) is 33.0 Å². The van der Waals surface area contributed by atoms with E-state index in [9.17, 15) is 0 Å². The first-order valence-electron chi connectivity index (χ1n) is 3.34. The van der Waals surface area contributed by atoms with E-state index in [-0.39, 0.29) is 18.1 Å². The molecule has 0 saturated carbocycles. The summed E-state index contributed by atoms with van der Waals surface area (Å²) in [5.74, 6) is 10.1. The van der Waals surface area contributed by atoms with Gasteiger partial charge in [-0.25, -0.2) is 11.8 Å². The molecular formula is C6H16N2O2. The molecule has 10 heavy (non-hydrogen) atoms. The molecule has 0 aromatic rings. The first kappa shape index (κ1) is 9.84.